The van der Waals surface area contributed by atoms with Crippen LogP contribution in [-0.4, -0.2) is 40.0 Å². The number of ether oxygens (including phenoxy) is 1. The smallest absolute Gasteiger partial charge is 0.326 e. The molecule has 2 heterocycles. The van der Waals surface area contributed by atoms with Crippen LogP contribution in [0.4, 0.5) is 41.1 Å². The number of nitro groups is 1. The van der Waals surface area contributed by atoms with Crippen molar-refractivity contribution in [3.05, 3.63) is 75.2 Å². The van der Waals surface area contributed by atoms with E-state index in [0.717, 1.165) is 24.3 Å². The van der Waals surface area contributed by atoms with Crippen molar-refractivity contribution in [1.82, 2.24) is 14.9 Å². The molecule has 0 fully saturated rings. The number of amides is 2. The Balaban J connectivity index is 1.60. The van der Waals surface area contributed by atoms with Crippen LogP contribution in [0.5, 0.6) is 5.75 Å². The van der Waals surface area contributed by atoms with Crippen LogP contribution in [0, 0.1) is 27.6 Å². The number of hydrogen-bond donors (Lipinski definition) is 1. The molecule has 0 saturated heterocycles. The molecule has 0 aliphatic carbocycles. The normalized spacial score (nSPS) is 13.0. The number of halogens is 3. The Morgan fingerprint density at radius 1 is 1.21 bits per heavy atom. The van der Waals surface area contributed by atoms with Crippen LogP contribution in [0.25, 0.3) is 0 Å². The largest absolute Gasteiger partial charge is 0.494 e. The predicted molar refractivity (Wildman–Crippen MR) is 114 cm³/mol. The summed E-state index contributed by atoms with van der Waals surface area (Å²) >= 11 is 0. The minimum atomic E-state index is -1.07. The number of fused-ring (bicyclic) bond motifs is 1. The third-order valence-corrected chi connectivity index (χ3v) is 5.17. The number of nitrogens with one attached hydrogen (secondary N) is 1. The second-order valence-corrected chi connectivity index (χ2v) is 7.36. The molecular formula is C21H17F3N6O4. The van der Waals surface area contributed by atoms with Gasteiger partial charge < -0.3 is 15.0 Å². The van der Waals surface area contributed by atoms with Gasteiger partial charge in [0.15, 0.2) is 0 Å². The van der Waals surface area contributed by atoms with Crippen LogP contribution >= 0.6 is 0 Å². The summed E-state index contributed by atoms with van der Waals surface area (Å²) in [5.74, 6) is -2.32. The first-order valence-corrected chi connectivity index (χ1v) is 9.79. The van der Waals surface area contributed by atoms with Crippen molar-refractivity contribution in [3.8, 4) is 5.75 Å². The monoisotopic (exact) mass is 474 g/mol. The second-order valence-electron chi connectivity index (χ2n) is 7.36. The van der Waals surface area contributed by atoms with E-state index in [1.165, 1.54) is 36.2 Å². The highest BCUT2D eigenvalue weighted by Gasteiger charge is 2.30. The van der Waals surface area contributed by atoms with Gasteiger partial charge >= 0.3 is 11.7 Å². The van der Waals surface area contributed by atoms with Crippen LogP contribution in [0.2, 0.25) is 0 Å². The number of rotatable bonds is 6. The summed E-state index contributed by atoms with van der Waals surface area (Å²) in [4.78, 5) is 34.1. The fourth-order valence-corrected chi connectivity index (χ4v) is 3.49. The maximum Gasteiger partial charge on any atom is 0.326 e. The van der Waals surface area contributed by atoms with Crippen LogP contribution in [0.3, 0.4) is 0 Å². The minimum absolute atomic E-state index is 0.0126. The first kappa shape index (κ1) is 22.8. The maximum absolute atomic E-state index is 14.1. The van der Waals surface area contributed by atoms with Crippen molar-refractivity contribution in [2.75, 3.05) is 24.4 Å². The molecule has 3 aromatic rings. The van der Waals surface area contributed by atoms with E-state index < -0.39 is 34.1 Å². The average molecular weight is 474 g/mol. The fraction of sp³-hybridized carbons (Fsp3) is 0.190. The van der Waals surface area contributed by atoms with E-state index in [1.54, 1.807) is 0 Å². The van der Waals surface area contributed by atoms with Gasteiger partial charge in [-0.1, -0.05) is 6.07 Å². The van der Waals surface area contributed by atoms with Crippen LogP contribution in [0.15, 0.2) is 36.5 Å². The molecule has 1 aromatic heterocycles. The standard InChI is InChI=1S/C21H17F3N6O4/c1-28-19-12(10-29(21(28)31)9-11-3-4-13(22)5-14(11)23)8-25-20(27-19)26-16-7-17(30(32)33)15(24)6-18(16)34-2/h3-8H,9-10H2,1-2H3,(H,25,26,27). The topological polar surface area (TPSA) is 114 Å². The number of hydrogen-bond acceptors (Lipinski definition) is 7. The lowest BCUT2D eigenvalue weighted by Gasteiger charge is -2.34. The lowest BCUT2D eigenvalue weighted by molar-refractivity contribution is -0.387. The molecule has 1 aliphatic rings. The summed E-state index contributed by atoms with van der Waals surface area (Å²) in [7, 11) is 2.74. The first-order valence-electron chi connectivity index (χ1n) is 9.79. The van der Waals surface area contributed by atoms with Crippen LogP contribution in [0.1, 0.15) is 11.1 Å². The Morgan fingerprint density at radius 3 is 2.65 bits per heavy atom. The molecule has 4 rings (SSSR count). The molecule has 0 bridgehead atoms. The lowest BCUT2D eigenvalue weighted by atomic mass is 10.1. The molecule has 1 N–H and O–H groups in total. The second kappa shape index (κ2) is 8.84. The Labute approximate surface area is 190 Å². The number of anilines is 3. The van der Waals surface area contributed by atoms with E-state index in [0.29, 0.717) is 5.56 Å². The van der Waals surface area contributed by atoms with E-state index >= 15 is 0 Å². The molecule has 10 nitrogen and oxygen atoms in total. The van der Waals surface area contributed by atoms with Crippen molar-refractivity contribution in [3.63, 3.8) is 0 Å². The number of nitro benzene ring substituents is 1. The van der Waals surface area contributed by atoms with Gasteiger partial charge in [0.25, 0.3) is 0 Å². The molecule has 0 atom stereocenters. The molecule has 0 spiro atoms. The number of carbonyl (C=O) groups is 1. The van der Waals surface area contributed by atoms with Gasteiger partial charge in [-0.3, -0.25) is 15.0 Å². The summed E-state index contributed by atoms with van der Waals surface area (Å²) in [6.45, 7) is -0.0217. The number of urea groups is 1. The van der Waals surface area contributed by atoms with E-state index in [9.17, 15) is 28.1 Å². The zero-order valence-electron chi connectivity index (χ0n) is 17.9. The molecule has 13 heteroatoms. The molecule has 2 amide bonds. The molecule has 176 valence electrons. The van der Waals surface area contributed by atoms with Crippen LogP contribution in [-0.2, 0) is 13.1 Å². The highest BCUT2D eigenvalue weighted by atomic mass is 19.1. The van der Waals surface area contributed by atoms with Gasteiger partial charge in [-0.15, -0.1) is 0 Å². The number of carbonyl (C=O) groups excluding carboxylic acids is 1. The van der Waals surface area contributed by atoms with E-state index in [4.69, 9.17) is 4.74 Å². The Hall–Kier alpha value is -4.42. The van der Waals surface area contributed by atoms with Gasteiger partial charge in [0.1, 0.15) is 23.2 Å². The number of nitrogens with zero attached hydrogens (tertiary/aromatic N) is 5. The molecular weight excluding hydrogens is 457 g/mol. The summed E-state index contributed by atoms with van der Waals surface area (Å²) in [5.41, 5.74) is -0.0194. The molecule has 0 radical (unpaired) electrons. The molecule has 0 unspecified atom stereocenters. The van der Waals surface area contributed by atoms with E-state index in [2.05, 4.69) is 15.3 Å². The predicted octanol–water partition coefficient (Wildman–Crippen LogP) is 4.13. The average Bonchev–Trinajstić information content (AvgIpc) is 2.80. The van der Waals surface area contributed by atoms with E-state index in [-0.39, 0.29) is 41.9 Å². The third kappa shape index (κ3) is 4.27. The zero-order valence-corrected chi connectivity index (χ0v) is 17.9. The minimum Gasteiger partial charge on any atom is -0.494 e. The van der Waals surface area contributed by atoms with E-state index in [1.807, 2.05) is 0 Å². The number of benzene rings is 2. The van der Waals surface area contributed by atoms with Crippen molar-refractivity contribution in [2.45, 2.75) is 13.1 Å². The van der Waals surface area contributed by atoms with Gasteiger partial charge in [-0.05, 0) is 6.07 Å². The number of methoxy groups -OCH3 is 1. The highest BCUT2D eigenvalue weighted by Crippen LogP contribution is 2.34. The van der Waals surface area contributed by atoms with Crippen molar-refractivity contribution < 1.29 is 27.6 Å². The summed E-state index contributed by atoms with van der Waals surface area (Å²) in [6, 6.07) is 4.46. The van der Waals surface area contributed by atoms with Crippen molar-refractivity contribution in [2.24, 2.45) is 0 Å². The third-order valence-electron chi connectivity index (χ3n) is 5.17. The lowest BCUT2D eigenvalue weighted by Crippen LogP contribution is -2.45. The first-order chi connectivity index (χ1) is 16.2. The maximum atomic E-state index is 14.1. The van der Waals surface area contributed by atoms with Gasteiger partial charge in [0, 0.05) is 42.6 Å². The molecule has 1 aliphatic heterocycles. The quantitative estimate of drug-likeness (QED) is 0.422. The summed E-state index contributed by atoms with van der Waals surface area (Å²) < 4.78 is 46.2. The van der Waals surface area contributed by atoms with Gasteiger partial charge in [-0.2, -0.15) is 9.37 Å². The SMILES string of the molecule is COc1cc(F)c([N+](=O)[O-])cc1Nc1ncc2c(n1)N(C)C(=O)N(Cc1ccc(F)cc1F)C2. The highest BCUT2D eigenvalue weighted by molar-refractivity contribution is 5.93. The Kier molecular flexibility index (Phi) is 5.92. The fourth-order valence-electron chi connectivity index (χ4n) is 3.49. The summed E-state index contributed by atoms with van der Waals surface area (Å²) in [5, 5.41) is 13.8. The van der Waals surface area contributed by atoms with Gasteiger partial charge in [0.05, 0.1) is 30.8 Å². The molecule has 2 aromatic carbocycles. The van der Waals surface area contributed by atoms with Gasteiger partial charge in [0.2, 0.25) is 11.8 Å². The molecule has 34 heavy (non-hydrogen) atoms. The zero-order chi connectivity index (χ0) is 24.6. The van der Waals surface area contributed by atoms with Crippen molar-refractivity contribution in [1.29, 1.82) is 0 Å². The number of aromatic nitrogens is 2. The van der Waals surface area contributed by atoms with Crippen molar-refractivity contribution >= 4 is 29.2 Å². The van der Waals surface area contributed by atoms with Crippen LogP contribution < -0.4 is 15.0 Å². The molecule has 0 saturated carbocycles. The summed E-state index contributed by atoms with van der Waals surface area (Å²) in [6.07, 6.45) is 1.44. The van der Waals surface area contributed by atoms with Gasteiger partial charge in [-0.25, -0.2) is 18.6 Å². The Bertz CT molecular complexity index is 1310. The Morgan fingerprint density at radius 2 is 1.97 bits per heavy atom.